The Kier molecular flexibility index (Phi) is 6.04. The number of amides is 1. The quantitative estimate of drug-likeness (QED) is 0.648. The average molecular weight is 297 g/mol. The summed E-state index contributed by atoms with van der Waals surface area (Å²) < 4.78 is 4.91. The van der Waals surface area contributed by atoms with Gasteiger partial charge in [0.05, 0.1) is 12.0 Å². The lowest BCUT2D eigenvalue weighted by Crippen LogP contribution is -2.42. The van der Waals surface area contributed by atoms with Crippen molar-refractivity contribution in [2.45, 2.75) is 39.2 Å². The lowest BCUT2D eigenvalue weighted by atomic mass is 10.0. The number of nitrogens with zero attached hydrogens (tertiary/aromatic N) is 1. The lowest BCUT2D eigenvalue weighted by Gasteiger charge is -2.23. The Balaban J connectivity index is 2.61. The van der Waals surface area contributed by atoms with Gasteiger partial charge in [0.15, 0.2) is 0 Å². The van der Waals surface area contributed by atoms with Crippen molar-refractivity contribution in [3.05, 3.63) is 27.4 Å². The molecule has 0 saturated heterocycles. The Morgan fingerprint density at radius 2 is 2.14 bits per heavy atom. The second-order valence-corrected chi connectivity index (χ2v) is 5.42. The Labute approximate surface area is 123 Å². The van der Waals surface area contributed by atoms with Gasteiger partial charge in [-0.2, -0.15) is 4.98 Å². The van der Waals surface area contributed by atoms with Crippen LogP contribution in [0.1, 0.15) is 30.3 Å². The van der Waals surface area contributed by atoms with Crippen LogP contribution in [-0.2, 0) is 16.0 Å². The van der Waals surface area contributed by atoms with Crippen LogP contribution in [0, 0.1) is 13.8 Å². The van der Waals surface area contributed by atoms with E-state index in [4.69, 9.17) is 4.74 Å². The summed E-state index contributed by atoms with van der Waals surface area (Å²) in [6, 6.07) is 0. The molecule has 1 aromatic rings. The molecule has 1 amide bonds. The van der Waals surface area contributed by atoms with Crippen LogP contribution in [0.4, 0.5) is 0 Å². The summed E-state index contributed by atoms with van der Waals surface area (Å²) in [5.74, 6) is -0.229. The molecule has 0 fully saturated rings. The predicted molar refractivity (Wildman–Crippen MR) is 78.2 cm³/mol. The standard InChI is InChI=1S/C14H23N3O4/c1-9-11(10(2)17-13(19)16-9)7-12(18)15-8-14(3,20)5-6-21-4/h20H,5-8H2,1-4H3,(H,15,18)(H,16,17,19). The van der Waals surface area contributed by atoms with E-state index in [0.29, 0.717) is 30.0 Å². The molecule has 118 valence electrons. The second kappa shape index (κ2) is 7.33. The number of H-pyrrole nitrogens is 1. The van der Waals surface area contributed by atoms with E-state index in [0.717, 1.165) is 0 Å². The summed E-state index contributed by atoms with van der Waals surface area (Å²) in [7, 11) is 1.56. The zero-order valence-corrected chi connectivity index (χ0v) is 12.9. The van der Waals surface area contributed by atoms with E-state index < -0.39 is 11.3 Å². The molecule has 3 N–H and O–H groups in total. The minimum atomic E-state index is -1.01. The maximum absolute atomic E-state index is 11.9. The molecule has 0 aliphatic rings. The molecule has 0 aliphatic heterocycles. The first-order chi connectivity index (χ1) is 9.75. The van der Waals surface area contributed by atoms with Crippen LogP contribution in [0.5, 0.6) is 0 Å². The Morgan fingerprint density at radius 1 is 1.48 bits per heavy atom. The number of aryl methyl sites for hydroxylation is 2. The average Bonchev–Trinajstić information content (AvgIpc) is 2.38. The van der Waals surface area contributed by atoms with Crippen LogP contribution in [-0.4, -0.2) is 46.8 Å². The number of hydrogen-bond donors (Lipinski definition) is 3. The first-order valence-corrected chi connectivity index (χ1v) is 6.79. The molecule has 0 bridgehead atoms. The Bertz CT molecular complexity index is 525. The van der Waals surface area contributed by atoms with Gasteiger partial charge in [0.2, 0.25) is 5.91 Å². The molecule has 0 aliphatic carbocycles. The van der Waals surface area contributed by atoms with E-state index in [1.54, 1.807) is 27.9 Å². The first-order valence-electron chi connectivity index (χ1n) is 6.79. The van der Waals surface area contributed by atoms with Gasteiger partial charge >= 0.3 is 5.69 Å². The first kappa shape index (κ1) is 17.3. The third-order valence-corrected chi connectivity index (χ3v) is 3.30. The molecule has 1 unspecified atom stereocenters. The van der Waals surface area contributed by atoms with Crippen molar-refractivity contribution in [1.82, 2.24) is 15.3 Å². The number of hydrogen-bond acceptors (Lipinski definition) is 5. The monoisotopic (exact) mass is 297 g/mol. The number of carbonyl (C=O) groups is 1. The summed E-state index contributed by atoms with van der Waals surface area (Å²) >= 11 is 0. The maximum atomic E-state index is 11.9. The Hall–Kier alpha value is -1.73. The molecule has 0 spiro atoms. The molecule has 1 heterocycles. The van der Waals surface area contributed by atoms with Gasteiger partial charge < -0.3 is 20.1 Å². The van der Waals surface area contributed by atoms with Crippen LogP contribution < -0.4 is 11.0 Å². The molecule has 7 nitrogen and oxygen atoms in total. The number of aromatic amines is 1. The third kappa shape index (κ3) is 5.65. The topological polar surface area (TPSA) is 104 Å². The van der Waals surface area contributed by atoms with Crippen LogP contribution in [0.25, 0.3) is 0 Å². The van der Waals surface area contributed by atoms with E-state index in [1.165, 1.54) is 0 Å². The number of methoxy groups -OCH3 is 1. The van der Waals surface area contributed by atoms with Crippen molar-refractivity contribution in [3.63, 3.8) is 0 Å². The maximum Gasteiger partial charge on any atom is 0.345 e. The Morgan fingerprint density at radius 3 is 2.71 bits per heavy atom. The molecule has 0 saturated carbocycles. The third-order valence-electron chi connectivity index (χ3n) is 3.30. The fraction of sp³-hybridized carbons (Fsp3) is 0.643. The fourth-order valence-corrected chi connectivity index (χ4v) is 1.94. The largest absolute Gasteiger partial charge is 0.388 e. The predicted octanol–water partition coefficient (Wildman–Crippen LogP) is -0.167. The van der Waals surface area contributed by atoms with Crippen LogP contribution in [0.3, 0.4) is 0 Å². The molecular weight excluding hydrogens is 274 g/mol. The van der Waals surface area contributed by atoms with Crippen molar-refractivity contribution in [2.75, 3.05) is 20.3 Å². The van der Waals surface area contributed by atoms with Crippen molar-refractivity contribution < 1.29 is 14.6 Å². The highest BCUT2D eigenvalue weighted by Gasteiger charge is 2.21. The molecule has 0 radical (unpaired) electrons. The van der Waals surface area contributed by atoms with Gasteiger partial charge in [0.1, 0.15) is 0 Å². The number of carbonyl (C=O) groups excluding carboxylic acids is 1. The normalized spacial score (nSPS) is 13.8. The number of ether oxygens (including phenoxy) is 1. The molecule has 0 aromatic carbocycles. The van der Waals surface area contributed by atoms with E-state index in [-0.39, 0.29) is 18.9 Å². The van der Waals surface area contributed by atoms with Crippen LogP contribution in [0.15, 0.2) is 4.79 Å². The number of aliphatic hydroxyl groups is 1. The van der Waals surface area contributed by atoms with Crippen LogP contribution >= 0.6 is 0 Å². The zero-order chi connectivity index (χ0) is 16.0. The number of rotatable bonds is 7. The molecule has 1 atom stereocenters. The van der Waals surface area contributed by atoms with Crippen molar-refractivity contribution in [1.29, 1.82) is 0 Å². The van der Waals surface area contributed by atoms with E-state index in [2.05, 4.69) is 15.3 Å². The van der Waals surface area contributed by atoms with Gasteiger partial charge in [-0.05, 0) is 20.8 Å². The zero-order valence-electron chi connectivity index (χ0n) is 12.9. The molecule has 1 aromatic heterocycles. The summed E-state index contributed by atoms with van der Waals surface area (Å²) in [5.41, 5.74) is 0.436. The van der Waals surface area contributed by atoms with Gasteiger partial charge in [0.25, 0.3) is 0 Å². The highest BCUT2D eigenvalue weighted by molar-refractivity contribution is 5.79. The SMILES string of the molecule is COCCC(C)(O)CNC(=O)Cc1c(C)nc(=O)[nH]c1C. The van der Waals surface area contributed by atoms with Crippen molar-refractivity contribution in [3.8, 4) is 0 Å². The fourth-order valence-electron chi connectivity index (χ4n) is 1.94. The lowest BCUT2D eigenvalue weighted by molar-refractivity contribution is -0.121. The van der Waals surface area contributed by atoms with Gasteiger partial charge in [0, 0.05) is 43.6 Å². The molecule has 1 rings (SSSR count). The molecule has 21 heavy (non-hydrogen) atoms. The van der Waals surface area contributed by atoms with E-state index in [9.17, 15) is 14.7 Å². The highest BCUT2D eigenvalue weighted by atomic mass is 16.5. The number of nitrogens with one attached hydrogen (secondary N) is 2. The van der Waals surface area contributed by atoms with Crippen molar-refractivity contribution >= 4 is 5.91 Å². The minimum Gasteiger partial charge on any atom is -0.388 e. The van der Waals surface area contributed by atoms with Gasteiger partial charge in [-0.25, -0.2) is 4.79 Å². The highest BCUT2D eigenvalue weighted by Crippen LogP contribution is 2.09. The molecular formula is C14H23N3O4. The van der Waals surface area contributed by atoms with Gasteiger partial charge in [-0.15, -0.1) is 0 Å². The summed E-state index contributed by atoms with van der Waals surface area (Å²) in [6.07, 6.45) is 0.545. The summed E-state index contributed by atoms with van der Waals surface area (Å²) in [6.45, 7) is 5.63. The second-order valence-electron chi connectivity index (χ2n) is 5.42. The molecule has 7 heteroatoms. The summed E-state index contributed by atoms with van der Waals surface area (Å²) in [4.78, 5) is 29.5. The smallest absolute Gasteiger partial charge is 0.345 e. The van der Waals surface area contributed by atoms with Gasteiger partial charge in [-0.1, -0.05) is 0 Å². The van der Waals surface area contributed by atoms with Gasteiger partial charge in [-0.3, -0.25) is 4.79 Å². The van der Waals surface area contributed by atoms with Crippen molar-refractivity contribution in [2.24, 2.45) is 0 Å². The summed E-state index contributed by atoms with van der Waals surface area (Å²) in [5, 5.41) is 12.7. The van der Waals surface area contributed by atoms with E-state index in [1.807, 2.05) is 0 Å². The van der Waals surface area contributed by atoms with E-state index >= 15 is 0 Å². The minimum absolute atomic E-state index is 0.113. The number of aromatic nitrogens is 2. The van der Waals surface area contributed by atoms with Crippen LogP contribution in [0.2, 0.25) is 0 Å².